The maximum Gasteiger partial charge on any atom is 0.133 e. The number of fused-ring (bicyclic) bond motifs is 1. The first kappa shape index (κ1) is 9.97. The van der Waals surface area contributed by atoms with Crippen LogP contribution in [0.15, 0.2) is 30.3 Å². The van der Waals surface area contributed by atoms with Crippen LogP contribution >= 0.6 is 0 Å². The Morgan fingerprint density at radius 3 is 2.73 bits per heavy atom. The number of aryl methyl sites for hydroxylation is 1. The highest BCUT2D eigenvalue weighted by Crippen LogP contribution is 2.24. The van der Waals surface area contributed by atoms with E-state index in [0.717, 1.165) is 11.1 Å². The molecule has 2 aromatic carbocycles. The first-order valence-electron chi connectivity index (χ1n) is 5.04. The molecule has 0 amide bonds. The van der Waals surface area contributed by atoms with Crippen molar-refractivity contribution in [1.82, 2.24) is 0 Å². The van der Waals surface area contributed by atoms with Gasteiger partial charge in [-0.2, -0.15) is 0 Å². The quantitative estimate of drug-likeness (QED) is 0.725. The number of benzene rings is 2. The smallest absolute Gasteiger partial charge is 0.133 e. The summed E-state index contributed by atoms with van der Waals surface area (Å²) in [7, 11) is 0. The lowest BCUT2D eigenvalue weighted by atomic mass is 10.1. The summed E-state index contributed by atoms with van der Waals surface area (Å²) in [5.74, 6) is 0.642. The van der Waals surface area contributed by atoms with Gasteiger partial charge in [0.25, 0.3) is 0 Å². The number of hydrogen-bond donors (Lipinski definition) is 0. The molecule has 0 radical (unpaired) electrons. The maximum absolute atomic E-state index is 13.7. The molecule has 15 heavy (non-hydrogen) atoms. The van der Waals surface area contributed by atoms with E-state index < -0.39 is 0 Å². The average molecular weight is 204 g/mol. The third-order valence-corrected chi connectivity index (χ3v) is 2.43. The lowest BCUT2D eigenvalue weighted by Crippen LogP contribution is -1.91. The van der Waals surface area contributed by atoms with Crippen LogP contribution in [-0.4, -0.2) is 6.61 Å². The van der Waals surface area contributed by atoms with Crippen LogP contribution in [0.4, 0.5) is 4.39 Å². The minimum absolute atomic E-state index is 0.143. The molecular weight excluding hydrogens is 191 g/mol. The normalized spacial score (nSPS) is 10.6. The summed E-state index contributed by atoms with van der Waals surface area (Å²) >= 11 is 0. The van der Waals surface area contributed by atoms with Gasteiger partial charge in [-0.05, 0) is 43.0 Å². The fourth-order valence-corrected chi connectivity index (χ4v) is 1.64. The molecule has 0 aliphatic carbocycles. The molecule has 2 heteroatoms. The molecule has 0 unspecified atom stereocenters. The molecule has 1 nitrogen and oxygen atoms in total. The molecule has 0 saturated carbocycles. The molecule has 0 atom stereocenters. The summed E-state index contributed by atoms with van der Waals surface area (Å²) in [6.45, 7) is 4.32. The summed E-state index contributed by atoms with van der Waals surface area (Å²) in [6.07, 6.45) is 0. The van der Waals surface area contributed by atoms with E-state index in [1.54, 1.807) is 25.1 Å². The molecule has 0 saturated heterocycles. The van der Waals surface area contributed by atoms with Gasteiger partial charge in [-0.1, -0.05) is 12.1 Å². The van der Waals surface area contributed by atoms with Crippen LogP contribution in [0.25, 0.3) is 10.8 Å². The van der Waals surface area contributed by atoms with Crippen LogP contribution in [0.3, 0.4) is 0 Å². The van der Waals surface area contributed by atoms with E-state index in [4.69, 9.17) is 4.74 Å². The second-order valence-corrected chi connectivity index (χ2v) is 3.51. The predicted molar refractivity (Wildman–Crippen MR) is 59.8 cm³/mol. The zero-order valence-electron chi connectivity index (χ0n) is 8.88. The van der Waals surface area contributed by atoms with Crippen LogP contribution in [0.5, 0.6) is 5.75 Å². The van der Waals surface area contributed by atoms with Crippen molar-refractivity contribution in [3.63, 3.8) is 0 Å². The van der Waals surface area contributed by atoms with Gasteiger partial charge in [0.15, 0.2) is 0 Å². The Morgan fingerprint density at radius 1 is 1.20 bits per heavy atom. The molecule has 0 aliphatic heterocycles. The largest absolute Gasteiger partial charge is 0.494 e. The fraction of sp³-hybridized carbons (Fsp3) is 0.231. The maximum atomic E-state index is 13.7. The molecule has 0 N–H and O–H groups in total. The summed E-state index contributed by atoms with van der Waals surface area (Å²) in [5.41, 5.74) is 0.673. The number of rotatable bonds is 2. The molecule has 0 fully saturated rings. The Bertz CT molecular complexity index is 491. The lowest BCUT2D eigenvalue weighted by Gasteiger charge is -2.06. The fourth-order valence-electron chi connectivity index (χ4n) is 1.64. The molecule has 0 aromatic heterocycles. The Labute approximate surface area is 88.5 Å². The number of ether oxygens (including phenoxy) is 1. The topological polar surface area (TPSA) is 9.23 Å². The van der Waals surface area contributed by atoms with E-state index in [9.17, 15) is 4.39 Å². The van der Waals surface area contributed by atoms with Crippen molar-refractivity contribution in [2.24, 2.45) is 0 Å². The zero-order valence-corrected chi connectivity index (χ0v) is 8.88. The van der Waals surface area contributed by atoms with Gasteiger partial charge < -0.3 is 4.74 Å². The van der Waals surface area contributed by atoms with Gasteiger partial charge in [0.1, 0.15) is 11.6 Å². The summed E-state index contributed by atoms with van der Waals surface area (Å²) < 4.78 is 19.0. The van der Waals surface area contributed by atoms with E-state index >= 15 is 0 Å². The first-order chi connectivity index (χ1) is 7.22. The van der Waals surface area contributed by atoms with Crippen LogP contribution in [0.1, 0.15) is 12.5 Å². The van der Waals surface area contributed by atoms with E-state index in [2.05, 4.69) is 0 Å². The van der Waals surface area contributed by atoms with Crippen LogP contribution in [0, 0.1) is 12.7 Å². The zero-order chi connectivity index (χ0) is 10.8. The summed E-state index contributed by atoms with van der Waals surface area (Å²) in [4.78, 5) is 0. The van der Waals surface area contributed by atoms with Gasteiger partial charge in [0.2, 0.25) is 0 Å². The Kier molecular flexibility index (Phi) is 2.58. The summed E-state index contributed by atoms with van der Waals surface area (Å²) in [5, 5.41) is 1.53. The second kappa shape index (κ2) is 3.89. The van der Waals surface area contributed by atoms with Crippen LogP contribution < -0.4 is 4.74 Å². The van der Waals surface area contributed by atoms with Crippen molar-refractivity contribution in [1.29, 1.82) is 0 Å². The molecule has 0 aliphatic rings. The number of hydrogen-bond acceptors (Lipinski definition) is 1. The Morgan fingerprint density at radius 2 is 2.00 bits per heavy atom. The average Bonchev–Trinajstić information content (AvgIpc) is 2.24. The van der Waals surface area contributed by atoms with Crippen molar-refractivity contribution in [3.05, 3.63) is 41.7 Å². The molecule has 78 valence electrons. The van der Waals surface area contributed by atoms with Crippen molar-refractivity contribution < 1.29 is 9.13 Å². The molecule has 0 bridgehead atoms. The Hall–Kier alpha value is -1.57. The highest BCUT2D eigenvalue weighted by Gasteiger charge is 2.04. The summed E-state index contributed by atoms with van der Waals surface area (Å²) in [6, 6.07) is 9.13. The van der Waals surface area contributed by atoms with E-state index in [0.29, 0.717) is 17.6 Å². The predicted octanol–water partition coefficient (Wildman–Crippen LogP) is 3.69. The van der Waals surface area contributed by atoms with E-state index in [1.165, 1.54) is 0 Å². The van der Waals surface area contributed by atoms with Gasteiger partial charge >= 0.3 is 0 Å². The highest BCUT2D eigenvalue weighted by atomic mass is 19.1. The minimum atomic E-state index is -0.143. The molecule has 2 rings (SSSR count). The van der Waals surface area contributed by atoms with E-state index in [-0.39, 0.29) is 5.82 Å². The van der Waals surface area contributed by atoms with Crippen LogP contribution in [0.2, 0.25) is 0 Å². The SMILES string of the molecule is CCOc1ccc2c(F)c(C)ccc2c1. The minimum Gasteiger partial charge on any atom is -0.494 e. The van der Waals surface area contributed by atoms with Gasteiger partial charge in [-0.25, -0.2) is 4.39 Å². The lowest BCUT2D eigenvalue weighted by molar-refractivity contribution is 0.340. The standard InChI is InChI=1S/C13H13FO/c1-3-15-11-6-7-12-10(8-11)5-4-9(2)13(12)14/h4-8H,3H2,1-2H3. The monoisotopic (exact) mass is 204 g/mol. The van der Waals surface area contributed by atoms with Gasteiger partial charge in [-0.15, -0.1) is 0 Å². The molecule has 0 spiro atoms. The van der Waals surface area contributed by atoms with Gasteiger partial charge in [0.05, 0.1) is 6.61 Å². The second-order valence-electron chi connectivity index (χ2n) is 3.51. The van der Waals surface area contributed by atoms with Crippen molar-refractivity contribution in [3.8, 4) is 5.75 Å². The molecule has 0 heterocycles. The van der Waals surface area contributed by atoms with E-state index in [1.807, 2.05) is 19.1 Å². The van der Waals surface area contributed by atoms with Crippen LogP contribution in [-0.2, 0) is 0 Å². The number of halogens is 1. The van der Waals surface area contributed by atoms with Crippen molar-refractivity contribution >= 4 is 10.8 Å². The van der Waals surface area contributed by atoms with Crippen molar-refractivity contribution in [2.75, 3.05) is 6.61 Å². The molecular formula is C13H13FO. The highest BCUT2D eigenvalue weighted by molar-refractivity contribution is 5.85. The molecule has 2 aromatic rings. The van der Waals surface area contributed by atoms with Gasteiger partial charge in [-0.3, -0.25) is 0 Å². The van der Waals surface area contributed by atoms with Crippen molar-refractivity contribution in [2.45, 2.75) is 13.8 Å². The first-order valence-corrected chi connectivity index (χ1v) is 5.04. The third-order valence-electron chi connectivity index (χ3n) is 2.43. The Balaban J connectivity index is 2.59. The van der Waals surface area contributed by atoms with Gasteiger partial charge in [0, 0.05) is 5.39 Å². The third kappa shape index (κ3) is 1.80.